The summed E-state index contributed by atoms with van der Waals surface area (Å²) in [7, 11) is -4.64. The number of phosphoric acid groups is 1. The predicted octanol–water partition coefficient (Wildman–Crippen LogP) is -0.906. The van der Waals surface area contributed by atoms with E-state index < -0.39 is 41.8 Å². The van der Waals surface area contributed by atoms with Crippen molar-refractivity contribution in [3.63, 3.8) is 0 Å². The van der Waals surface area contributed by atoms with Crippen molar-refractivity contribution in [3.05, 3.63) is 30.5 Å². The molecule has 0 aliphatic heterocycles. The monoisotopic (exact) mass is 505 g/mol. The third kappa shape index (κ3) is 4.69. The second-order valence-corrected chi connectivity index (χ2v) is 8.83. The maximum atomic E-state index is 10.2. The first kappa shape index (κ1) is 23.5. The highest BCUT2D eigenvalue weighted by Crippen LogP contribution is 2.46. The molecule has 6 atom stereocenters. The normalized spacial score (nSPS) is 35.9. The van der Waals surface area contributed by atoms with Crippen LogP contribution >= 0.6 is 35.4 Å². The summed E-state index contributed by atoms with van der Waals surface area (Å²) in [6.45, 7) is 0. The second kappa shape index (κ2) is 8.17. The van der Waals surface area contributed by atoms with E-state index in [0.717, 1.165) is 5.52 Å². The van der Waals surface area contributed by atoms with Gasteiger partial charge >= 0.3 is 7.82 Å². The lowest BCUT2D eigenvalue weighted by Gasteiger charge is -2.50. The van der Waals surface area contributed by atoms with Gasteiger partial charge in [-0.15, -0.1) is 0 Å². The minimum absolute atomic E-state index is 0.305. The molecule has 1 aliphatic carbocycles. The third-order valence-electron chi connectivity index (χ3n) is 4.06. The smallest absolute Gasteiger partial charge is 0.466 e. The number of benzene rings is 1. The zero-order valence-corrected chi connectivity index (χ0v) is 17.0. The van der Waals surface area contributed by atoms with Gasteiger partial charge in [0.15, 0.2) is 10.6 Å². The van der Waals surface area contributed by atoms with Gasteiger partial charge < -0.3 is 49.9 Å². The van der Waals surface area contributed by atoms with Gasteiger partial charge in [-0.3, -0.25) is 0 Å². The maximum Gasteiger partial charge on any atom is 0.466 e. The van der Waals surface area contributed by atoms with Crippen LogP contribution in [0.3, 0.4) is 0 Å². The van der Waals surface area contributed by atoms with Crippen LogP contribution in [0.4, 0.5) is 0 Å². The molecule has 1 fully saturated rings. The number of aliphatic hydroxyl groups excluding tert-OH is 3. The van der Waals surface area contributed by atoms with E-state index in [1.165, 1.54) is 6.20 Å². The van der Waals surface area contributed by atoms with E-state index in [9.17, 15) is 25.5 Å². The molecule has 158 valence electrons. The van der Waals surface area contributed by atoms with E-state index in [4.69, 9.17) is 35.6 Å². The van der Waals surface area contributed by atoms with Crippen LogP contribution in [0, 0.1) is 0 Å². The van der Waals surface area contributed by atoms with Crippen LogP contribution in [0.25, 0.3) is 10.9 Å². The van der Waals surface area contributed by atoms with Crippen molar-refractivity contribution >= 4 is 46.3 Å². The van der Waals surface area contributed by atoms with Crippen LogP contribution < -0.4 is 4.74 Å². The summed E-state index contributed by atoms with van der Waals surface area (Å²) in [5.74, 6) is 0.305. The second-order valence-electron chi connectivity index (χ2n) is 6.02. The summed E-state index contributed by atoms with van der Waals surface area (Å²) in [6, 6.07) is 7.17. The standard InChI is InChI=1S/C14H15BrClNO6.H3O4P/c15-13(21)12(20)10(9(18)11(19)14(13,16)22)23-8-5-17-7-4-2-1-3-6(7)8;1-5(2,3)4/h1-5,9-12,17-22H;(H3,1,2,3,4)/t9-,10+,11-,12-,13+,14+;/m1./s1. The van der Waals surface area contributed by atoms with Crippen molar-refractivity contribution in [3.8, 4) is 5.75 Å². The summed E-state index contributed by atoms with van der Waals surface area (Å²) in [6.07, 6.45) is -5.44. The van der Waals surface area contributed by atoms with Gasteiger partial charge in [0.1, 0.15) is 24.1 Å². The Kier molecular flexibility index (Phi) is 6.86. The lowest BCUT2D eigenvalue weighted by Crippen LogP contribution is -2.74. The number of halogens is 2. The molecule has 2 aromatic rings. The summed E-state index contributed by atoms with van der Waals surface area (Å²) >= 11 is 8.38. The number of rotatable bonds is 2. The Morgan fingerprint density at radius 1 is 1.11 bits per heavy atom. The van der Waals surface area contributed by atoms with Crippen molar-refractivity contribution in [1.82, 2.24) is 4.98 Å². The van der Waals surface area contributed by atoms with Gasteiger partial charge in [0.05, 0.1) is 0 Å². The fraction of sp³-hybridized carbons (Fsp3) is 0.429. The van der Waals surface area contributed by atoms with Gasteiger partial charge in [-0.1, -0.05) is 23.7 Å². The number of H-pyrrole nitrogens is 1. The summed E-state index contributed by atoms with van der Waals surface area (Å²) in [5, 5.41) is 48.5. The number of fused-ring (bicyclic) bond motifs is 1. The molecule has 1 aliphatic rings. The van der Waals surface area contributed by atoms with Crippen LogP contribution in [-0.4, -0.2) is 79.2 Å². The Morgan fingerprint density at radius 3 is 2.21 bits per heavy atom. The van der Waals surface area contributed by atoms with Crippen molar-refractivity contribution in [2.75, 3.05) is 0 Å². The highest BCUT2D eigenvalue weighted by atomic mass is 79.9. The average molecular weight is 507 g/mol. The van der Waals surface area contributed by atoms with Crippen LogP contribution in [-0.2, 0) is 4.57 Å². The number of aromatic amines is 1. The Balaban J connectivity index is 0.000000500. The van der Waals surface area contributed by atoms with Gasteiger partial charge in [0, 0.05) is 17.1 Å². The number of hydrogen-bond donors (Lipinski definition) is 9. The lowest BCUT2D eigenvalue weighted by molar-refractivity contribution is -0.243. The highest BCUT2D eigenvalue weighted by Gasteiger charge is 2.66. The first-order valence-corrected chi connectivity index (χ1v) is 10.3. The summed E-state index contributed by atoms with van der Waals surface area (Å²) in [5.41, 5.74) is 0.769. The number of nitrogens with one attached hydrogen (secondary N) is 1. The van der Waals surface area contributed by atoms with Crippen molar-refractivity contribution in [2.24, 2.45) is 0 Å². The first-order valence-electron chi connectivity index (χ1n) is 7.55. The maximum absolute atomic E-state index is 10.2. The number of hydrogen-bond acceptors (Lipinski definition) is 7. The fourth-order valence-electron chi connectivity index (χ4n) is 2.65. The molecule has 0 amide bonds. The van der Waals surface area contributed by atoms with Gasteiger partial charge in [-0.2, -0.15) is 0 Å². The quantitative estimate of drug-likeness (QED) is 0.181. The molecule has 1 aromatic carbocycles. The van der Waals surface area contributed by atoms with Crippen LogP contribution in [0.5, 0.6) is 5.75 Å². The Labute approximate surface area is 171 Å². The zero-order chi connectivity index (χ0) is 21.5. The molecule has 9 N–H and O–H groups in total. The number of aliphatic hydroxyl groups is 5. The van der Waals surface area contributed by atoms with Gasteiger partial charge in [0.25, 0.3) is 0 Å². The van der Waals surface area contributed by atoms with Crippen LogP contribution in [0.15, 0.2) is 30.5 Å². The van der Waals surface area contributed by atoms with Crippen LogP contribution in [0.2, 0.25) is 0 Å². The molecule has 1 aromatic heterocycles. The molecular weight excluding hydrogens is 488 g/mol. The largest absolute Gasteiger partial charge is 0.482 e. The molecule has 0 bridgehead atoms. The fourth-order valence-corrected chi connectivity index (χ4v) is 3.38. The Hall–Kier alpha value is -0.760. The molecular formula is C14H18BrClNO10P. The van der Waals surface area contributed by atoms with Crippen molar-refractivity contribution < 1.29 is 49.5 Å². The van der Waals surface area contributed by atoms with Crippen LogP contribution in [0.1, 0.15) is 0 Å². The van der Waals surface area contributed by atoms with E-state index in [1.807, 2.05) is 12.1 Å². The highest BCUT2D eigenvalue weighted by molar-refractivity contribution is 9.10. The van der Waals surface area contributed by atoms with Crippen molar-refractivity contribution in [2.45, 2.75) is 34.0 Å². The number of alkyl halides is 2. The first-order chi connectivity index (χ1) is 12.7. The molecule has 0 saturated heterocycles. The number of para-hydroxylation sites is 1. The van der Waals surface area contributed by atoms with E-state index in [-0.39, 0.29) is 0 Å². The lowest BCUT2D eigenvalue weighted by atomic mass is 9.84. The minimum atomic E-state index is -4.64. The predicted molar refractivity (Wildman–Crippen MR) is 99.7 cm³/mol. The van der Waals surface area contributed by atoms with E-state index in [1.54, 1.807) is 12.1 Å². The average Bonchev–Trinajstić information content (AvgIpc) is 2.98. The SMILES string of the molecule is O=P(O)(O)O.O[C@@H]1[C@H](Oc2c[nH]c3ccccc23)[C@@H](O)[C@@](O)(Br)[C@](O)(Cl)[C@@H]1O. The molecule has 0 radical (unpaired) electrons. The van der Waals surface area contributed by atoms with E-state index >= 15 is 0 Å². The summed E-state index contributed by atoms with van der Waals surface area (Å²) in [4.78, 5) is 24.5. The molecule has 0 spiro atoms. The van der Waals surface area contributed by atoms with E-state index in [2.05, 4.69) is 20.9 Å². The molecule has 0 unspecified atom stereocenters. The van der Waals surface area contributed by atoms with Gasteiger partial charge in [0.2, 0.25) is 5.06 Å². The van der Waals surface area contributed by atoms with E-state index in [0.29, 0.717) is 11.1 Å². The zero-order valence-electron chi connectivity index (χ0n) is 13.8. The number of ether oxygens (including phenoxy) is 1. The van der Waals surface area contributed by atoms with Gasteiger partial charge in [-0.25, -0.2) is 4.57 Å². The Morgan fingerprint density at radius 2 is 1.64 bits per heavy atom. The van der Waals surface area contributed by atoms with Crippen molar-refractivity contribution in [1.29, 1.82) is 0 Å². The molecule has 28 heavy (non-hydrogen) atoms. The third-order valence-corrected chi connectivity index (χ3v) is 5.87. The molecule has 11 nitrogen and oxygen atoms in total. The number of aromatic nitrogens is 1. The minimum Gasteiger partial charge on any atom is -0.482 e. The Bertz CT molecular complexity index is 862. The molecule has 1 heterocycles. The summed E-state index contributed by atoms with van der Waals surface area (Å²) < 4.78 is 12.0. The molecule has 3 rings (SSSR count). The topological polar surface area (TPSA) is 204 Å². The molecule has 14 heteroatoms. The molecule has 1 saturated carbocycles. The van der Waals surface area contributed by atoms with Gasteiger partial charge in [-0.05, 0) is 28.1 Å².